The maximum absolute atomic E-state index is 13.2. The zero-order chi connectivity index (χ0) is 16.8. The first-order valence-corrected chi connectivity index (χ1v) is 7.86. The monoisotopic (exact) mass is 380 g/mol. The molecule has 2 aromatic carbocycles. The van der Waals surface area contributed by atoms with Crippen molar-refractivity contribution in [2.24, 2.45) is 0 Å². The summed E-state index contributed by atoms with van der Waals surface area (Å²) in [5.74, 6) is -0.861. The summed E-state index contributed by atoms with van der Waals surface area (Å²) in [7, 11) is 1.25. The van der Waals surface area contributed by atoms with Crippen LogP contribution < -0.4 is 4.74 Å². The molecule has 0 saturated heterocycles. The average Bonchev–Trinajstić information content (AvgIpc) is 2.58. The normalized spacial score (nSPS) is 10.2. The van der Waals surface area contributed by atoms with Gasteiger partial charge in [-0.25, -0.2) is 9.18 Å². The van der Waals surface area contributed by atoms with Crippen LogP contribution in [0.5, 0.6) is 5.75 Å². The number of methoxy groups -OCH3 is 1. The van der Waals surface area contributed by atoms with Gasteiger partial charge in [-0.1, -0.05) is 28.1 Å². The number of carbonyl (C=O) groups excluding carboxylic acids is 2. The third kappa shape index (κ3) is 4.39. The van der Waals surface area contributed by atoms with Crippen LogP contribution in [0.15, 0.2) is 42.5 Å². The summed E-state index contributed by atoms with van der Waals surface area (Å²) in [6.07, 6.45) is 0. The maximum Gasteiger partial charge on any atom is 0.341 e. The van der Waals surface area contributed by atoms with Crippen molar-refractivity contribution in [3.05, 3.63) is 65.0 Å². The molecule has 0 radical (unpaired) electrons. The summed E-state index contributed by atoms with van der Waals surface area (Å²) in [6.45, 7) is 0.0908. The van der Waals surface area contributed by atoms with Crippen molar-refractivity contribution < 1.29 is 23.5 Å². The fourth-order valence-electron chi connectivity index (χ4n) is 1.96. The second kappa shape index (κ2) is 7.87. The Morgan fingerprint density at radius 2 is 1.96 bits per heavy atom. The Balaban J connectivity index is 2.26. The molecule has 0 unspecified atom stereocenters. The predicted octanol–water partition coefficient (Wildman–Crippen LogP) is 3.77. The largest absolute Gasteiger partial charge is 0.488 e. The highest BCUT2D eigenvalue weighted by molar-refractivity contribution is 9.09. The van der Waals surface area contributed by atoms with E-state index in [0.717, 1.165) is 0 Å². The van der Waals surface area contributed by atoms with Gasteiger partial charge in [0.15, 0.2) is 5.78 Å². The summed E-state index contributed by atoms with van der Waals surface area (Å²) in [5.41, 5.74) is 1.15. The second-order valence-electron chi connectivity index (χ2n) is 4.68. The van der Waals surface area contributed by atoms with E-state index in [2.05, 4.69) is 15.9 Å². The van der Waals surface area contributed by atoms with Crippen LogP contribution in [-0.4, -0.2) is 24.2 Å². The molecule has 0 fully saturated rings. The quantitative estimate of drug-likeness (QED) is 0.434. The Morgan fingerprint density at radius 1 is 1.17 bits per heavy atom. The van der Waals surface area contributed by atoms with Crippen molar-refractivity contribution in [1.29, 1.82) is 0 Å². The van der Waals surface area contributed by atoms with Crippen LogP contribution in [0.2, 0.25) is 0 Å². The van der Waals surface area contributed by atoms with Gasteiger partial charge in [0, 0.05) is 5.56 Å². The molecule has 0 saturated carbocycles. The van der Waals surface area contributed by atoms with Crippen molar-refractivity contribution in [3.8, 4) is 5.75 Å². The summed E-state index contributed by atoms with van der Waals surface area (Å²) in [5, 5.41) is 0.150. The zero-order valence-electron chi connectivity index (χ0n) is 12.3. The highest BCUT2D eigenvalue weighted by Gasteiger charge is 2.16. The van der Waals surface area contributed by atoms with Crippen LogP contribution in [0.4, 0.5) is 4.39 Å². The van der Waals surface area contributed by atoms with Crippen LogP contribution in [0, 0.1) is 5.82 Å². The minimum atomic E-state index is -0.608. The van der Waals surface area contributed by atoms with Crippen LogP contribution in [0.1, 0.15) is 26.3 Å². The average molecular weight is 381 g/mol. The molecule has 0 heterocycles. The van der Waals surface area contributed by atoms with E-state index in [1.165, 1.54) is 31.4 Å². The number of hydrogen-bond acceptors (Lipinski definition) is 4. The van der Waals surface area contributed by atoms with Gasteiger partial charge in [0.05, 0.1) is 12.4 Å². The number of hydrogen-bond donors (Lipinski definition) is 0. The fourth-order valence-corrected chi connectivity index (χ4v) is 2.29. The summed E-state index contributed by atoms with van der Waals surface area (Å²) in [6, 6.07) is 10.5. The van der Waals surface area contributed by atoms with E-state index in [1.807, 2.05) is 0 Å². The number of halogens is 2. The molecule has 0 aliphatic rings. The van der Waals surface area contributed by atoms with Gasteiger partial charge in [-0.2, -0.15) is 0 Å². The number of ether oxygens (including phenoxy) is 2. The van der Waals surface area contributed by atoms with Gasteiger partial charge in [0.2, 0.25) is 0 Å². The van der Waals surface area contributed by atoms with Gasteiger partial charge in [0.1, 0.15) is 23.7 Å². The van der Waals surface area contributed by atoms with Crippen LogP contribution >= 0.6 is 15.9 Å². The third-order valence-corrected chi connectivity index (χ3v) is 3.62. The Kier molecular flexibility index (Phi) is 5.87. The minimum Gasteiger partial charge on any atom is -0.488 e. The molecule has 0 aromatic heterocycles. The van der Waals surface area contributed by atoms with Gasteiger partial charge in [0.25, 0.3) is 0 Å². The topological polar surface area (TPSA) is 52.6 Å². The minimum absolute atomic E-state index is 0.0908. The lowest BCUT2D eigenvalue weighted by Gasteiger charge is -2.11. The number of carbonyl (C=O) groups is 2. The molecule has 0 aliphatic carbocycles. The molecule has 6 heteroatoms. The summed E-state index contributed by atoms with van der Waals surface area (Å²) in [4.78, 5) is 23.6. The van der Waals surface area contributed by atoms with Crippen molar-refractivity contribution in [3.63, 3.8) is 0 Å². The molecule has 4 nitrogen and oxygen atoms in total. The molecule has 2 aromatic rings. The van der Waals surface area contributed by atoms with Crippen molar-refractivity contribution in [2.45, 2.75) is 6.61 Å². The number of esters is 1. The molecule has 0 atom stereocenters. The smallest absolute Gasteiger partial charge is 0.341 e. The highest BCUT2D eigenvalue weighted by Crippen LogP contribution is 2.23. The van der Waals surface area contributed by atoms with E-state index < -0.39 is 5.97 Å². The Labute approximate surface area is 141 Å². The Bertz CT molecular complexity index is 730. The van der Waals surface area contributed by atoms with Crippen LogP contribution in [-0.2, 0) is 11.3 Å². The van der Waals surface area contributed by atoms with Gasteiger partial charge in [-0.05, 0) is 35.9 Å². The first-order chi connectivity index (χ1) is 11.0. The molecule has 0 spiro atoms. The van der Waals surface area contributed by atoms with E-state index in [4.69, 9.17) is 9.47 Å². The SMILES string of the molecule is COC(=O)c1cc(C(=O)CBr)ccc1OCc1cccc(F)c1. The highest BCUT2D eigenvalue weighted by atomic mass is 79.9. The standard InChI is InChI=1S/C17H14BrFO4/c1-22-17(21)14-8-12(15(20)9-18)5-6-16(14)23-10-11-3-2-4-13(19)7-11/h2-8H,9-10H2,1H3. The van der Waals surface area contributed by atoms with E-state index in [-0.39, 0.29) is 34.9 Å². The van der Waals surface area contributed by atoms with Crippen molar-refractivity contribution >= 4 is 27.7 Å². The molecule has 0 aliphatic heterocycles. The first-order valence-electron chi connectivity index (χ1n) is 6.74. The molecule has 120 valence electrons. The Hall–Kier alpha value is -2.21. The van der Waals surface area contributed by atoms with Gasteiger partial charge < -0.3 is 9.47 Å². The number of ketones is 1. The van der Waals surface area contributed by atoms with Crippen LogP contribution in [0.25, 0.3) is 0 Å². The van der Waals surface area contributed by atoms with Gasteiger partial charge >= 0.3 is 5.97 Å². The molecule has 2 rings (SSSR count). The molecule has 23 heavy (non-hydrogen) atoms. The fraction of sp³-hybridized carbons (Fsp3) is 0.176. The molecular formula is C17H14BrFO4. The van der Waals surface area contributed by atoms with E-state index in [0.29, 0.717) is 11.1 Å². The lowest BCUT2D eigenvalue weighted by Crippen LogP contribution is -2.09. The Morgan fingerprint density at radius 3 is 2.61 bits per heavy atom. The lowest BCUT2D eigenvalue weighted by molar-refractivity contribution is 0.0595. The lowest BCUT2D eigenvalue weighted by atomic mass is 10.1. The number of alkyl halides is 1. The van der Waals surface area contributed by atoms with Gasteiger partial charge in [-0.15, -0.1) is 0 Å². The number of rotatable bonds is 6. The predicted molar refractivity (Wildman–Crippen MR) is 86.6 cm³/mol. The van der Waals surface area contributed by atoms with E-state index in [1.54, 1.807) is 18.2 Å². The van der Waals surface area contributed by atoms with Crippen molar-refractivity contribution in [2.75, 3.05) is 12.4 Å². The molecule has 0 amide bonds. The number of benzene rings is 2. The zero-order valence-corrected chi connectivity index (χ0v) is 13.9. The van der Waals surface area contributed by atoms with Gasteiger partial charge in [-0.3, -0.25) is 4.79 Å². The van der Waals surface area contributed by atoms with E-state index >= 15 is 0 Å². The summed E-state index contributed by atoms with van der Waals surface area (Å²) < 4.78 is 23.5. The molecular weight excluding hydrogens is 367 g/mol. The van der Waals surface area contributed by atoms with Crippen molar-refractivity contribution in [1.82, 2.24) is 0 Å². The second-order valence-corrected chi connectivity index (χ2v) is 5.24. The summed E-state index contributed by atoms with van der Waals surface area (Å²) >= 11 is 3.08. The van der Waals surface area contributed by atoms with Crippen LogP contribution in [0.3, 0.4) is 0 Å². The van der Waals surface area contributed by atoms with E-state index in [9.17, 15) is 14.0 Å². The maximum atomic E-state index is 13.2. The number of Topliss-reactive ketones (excluding diaryl/α,β-unsaturated/α-hetero) is 1. The molecule has 0 N–H and O–H groups in total. The molecule has 0 bridgehead atoms. The third-order valence-electron chi connectivity index (χ3n) is 3.11. The first kappa shape index (κ1) is 17.1.